The molecule has 0 saturated heterocycles. The first-order valence-electron chi connectivity index (χ1n) is 8.33. The van der Waals surface area contributed by atoms with Gasteiger partial charge in [0, 0.05) is 18.3 Å². The number of rotatable bonds is 7. The summed E-state index contributed by atoms with van der Waals surface area (Å²) in [4.78, 5) is 5.70. The maximum absolute atomic E-state index is 5.43. The average Bonchev–Trinajstić information content (AvgIpc) is 3.08. The third-order valence-electron chi connectivity index (χ3n) is 4.21. The van der Waals surface area contributed by atoms with E-state index in [0.29, 0.717) is 0 Å². The van der Waals surface area contributed by atoms with E-state index in [1.54, 1.807) is 24.0 Å². The Labute approximate surface area is 142 Å². The maximum atomic E-state index is 5.43. The zero-order valence-corrected chi connectivity index (χ0v) is 14.5. The largest absolute Gasteiger partial charge is 0.496 e. The van der Waals surface area contributed by atoms with Gasteiger partial charge in [-0.1, -0.05) is 23.8 Å². The molecule has 0 amide bonds. The molecule has 0 atom stereocenters. The molecule has 2 aromatic rings. The number of aromatic nitrogens is 1. The number of hydrogen-bond donors (Lipinski definition) is 1. The molecule has 0 radical (unpaired) electrons. The number of nitrogens with zero attached hydrogens (tertiary/aromatic N) is 1. The maximum Gasteiger partial charge on any atom is 0.127 e. The van der Waals surface area contributed by atoms with Crippen molar-refractivity contribution in [2.45, 2.75) is 38.6 Å². The van der Waals surface area contributed by atoms with Gasteiger partial charge >= 0.3 is 0 Å². The van der Waals surface area contributed by atoms with Crippen molar-refractivity contribution in [3.63, 3.8) is 0 Å². The van der Waals surface area contributed by atoms with Crippen molar-refractivity contribution in [2.24, 2.45) is 0 Å². The van der Waals surface area contributed by atoms with Crippen molar-refractivity contribution in [1.82, 2.24) is 10.3 Å². The molecule has 3 nitrogen and oxygen atoms in total. The van der Waals surface area contributed by atoms with Crippen molar-refractivity contribution in [2.75, 3.05) is 13.7 Å². The lowest BCUT2D eigenvalue weighted by atomic mass is 9.97. The van der Waals surface area contributed by atoms with Crippen molar-refractivity contribution in [3.8, 4) is 16.2 Å². The van der Waals surface area contributed by atoms with Crippen LogP contribution in [0.2, 0.25) is 0 Å². The standard InChI is InChI=1S/C19H24N2OS/c1-22-17-10-6-5-9-16(17)18-13-21-19(23-18)14-20-12-11-15-7-3-2-4-8-15/h5-7,9-10,13,20H,2-4,8,11-12,14H2,1H3. The quantitative estimate of drug-likeness (QED) is 0.585. The Morgan fingerprint density at radius 2 is 2.17 bits per heavy atom. The zero-order chi connectivity index (χ0) is 15.9. The molecule has 0 fully saturated rings. The summed E-state index contributed by atoms with van der Waals surface area (Å²) in [6, 6.07) is 8.10. The van der Waals surface area contributed by atoms with Crippen LogP contribution in [0.15, 0.2) is 42.1 Å². The van der Waals surface area contributed by atoms with E-state index in [1.807, 2.05) is 24.4 Å². The van der Waals surface area contributed by atoms with E-state index in [1.165, 1.54) is 32.1 Å². The molecule has 0 bridgehead atoms. The number of hydrogen-bond acceptors (Lipinski definition) is 4. The summed E-state index contributed by atoms with van der Waals surface area (Å²) in [6.07, 6.45) is 10.8. The first-order valence-corrected chi connectivity index (χ1v) is 9.15. The van der Waals surface area contributed by atoms with Gasteiger partial charge in [-0.25, -0.2) is 4.98 Å². The van der Waals surface area contributed by atoms with E-state index in [4.69, 9.17) is 4.74 Å². The van der Waals surface area contributed by atoms with Crippen LogP contribution in [-0.4, -0.2) is 18.6 Å². The molecule has 3 rings (SSSR count). The number of para-hydroxylation sites is 1. The van der Waals surface area contributed by atoms with E-state index in [9.17, 15) is 0 Å². The lowest BCUT2D eigenvalue weighted by Crippen LogP contribution is -2.15. The third kappa shape index (κ3) is 4.43. The number of methoxy groups -OCH3 is 1. The molecule has 1 aliphatic rings. The second kappa shape index (κ2) is 8.27. The predicted octanol–water partition coefficient (Wildman–Crippen LogP) is 4.80. The number of allylic oxidation sites excluding steroid dienone is 1. The fourth-order valence-electron chi connectivity index (χ4n) is 2.94. The summed E-state index contributed by atoms with van der Waals surface area (Å²) in [6.45, 7) is 1.88. The molecular formula is C19H24N2OS. The number of benzene rings is 1. The third-order valence-corrected chi connectivity index (χ3v) is 5.24. The van der Waals surface area contributed by atoms with Gasteiger partial charge in [-0.05, 0) is 50.8 Å². The zero-order valence-electron chi connectivity index (χ0n) is 13.7. The van der Waals surface area contributed by atoms with Gasteiger partial charge in [0.05, 0.1) is 12.0 Å². The fourth-order valence-corrected chi connectivity index (χ4v) is 3.86. The Hall–Kier alpha value is -1.65. The van der Waals surface area contributed by atoms with Crippen molar-refractivity contribution < 1.29 is 4.74 Å². The Bertz CT molecular complexity index is 663. The summed E-state index contributed by atoms with van der Waals surface area (Å²) in [5.74, 6) is 0.903. The Morgan fingerprint density at radius 3 is 3.00 bits per heavy atom. The number of thiazole rings is 1. The smallest absolute Gasteiger partial charge is 0.127 e. The van der Waals surface area contributed by atoms with Crippen molar-refractivity contribution in [3.05, 3.63) is 47.1 Å². The minimum absolute atomic E-state index is 0.840. The molecular weight excluding hydrogens is 304 g/mol. The van der Waals surface area contributed by atoms with Crippen LogP contribution in [0.1, 0.15) is 37.1 Å². The van der Waals surface area contributed by atoms with E-state index in [0.717, 1.165) is 34.3 Å². The van der Waals surface area contributed by atoms with Crippen LogP contribution in [0.25, 0.3) is 10.4 Å². The average molecular weight is 328 g/mol. The van der Waals surface area contributed by atoms with Crippen LogP contribution in [0.4, 0.5) is 0 Å². The van der Waals surface area contributed by atoms with Gasteiger partial charge in [0.2, 0.25) is 0 Å². The van der Waals surface area contributed by atoms with E-state index in [2.05, 4.69) is 22.4 Å². The van der Waals surface area contributed by atoms with E-state index < -0.39 is 0 Å². The minimum Gasteiger partial charge on any atom is -0.496 e. The first kappa shape index (κ1) is 16.2. The van der Waals surface area contributed by atoms with Crippen LogP contribution >= 0.6 is 11.3 Å². The molecule has 1 heterocycles. The molecule has 0 aliphatic heterocycles. The Balaban J connectivity index is 1.52. The van der Waals surface area contributed by atoms with Crippen molar-refractivity contribution in [1.29, 1.82) is 0 Å². The summed E-state index contributed by atoms with van der Waals surface area (Å²) in [5.41, 5.74) is 2.74. The molecule has 122 valence electrons. The van der Waals surface area contributed by atoms with Gasteiger partial charge in [-0.15, -0.1) is 11.3 Å². The highest BCUT2D eigenvalue weighted by atomic mass is 32.1. The van der Waals surface area contributed by atoms with Crippen LogP contribution in [-0.2, 0) is 6.54 Å². The molecule has 1 aliphatic carbocycles. The molecule has 23 heavy (non-hydrogen) atoms. The second-order valence-electron chi connectivity index (χ2n) is 5.85. The van der Waals surface area contributed by atoms with Gasteiger partial charge < -0.3 is 10.1 Å². The molecule has 1 N–H and O–H groups in total. The normalized spacial score (nSPS) is 14.6. The Morgan fingerprint density at radius 1 is 1.26 bits per heavy atom. The van der Waals surface area contributed by atoms with Gasteiger partial charge in [0.25, 0.3) is 0 Å². The van der Waals surface area contributed by atoms with Gasteiger partial charge in [0.15, 0.2) is 0 Å². The molecule has 0 saturated carbocycles. The molecule has 0 unspecified atom stereocenters. The van der Waals surface area contributed by atoms with Gasteiger partial charge in [-0.2, -0.15) is 0 Å². The highest BCUT2D eigenvalue weighted by molar-refractivity contribution is 7.15. The lowest BCUT2D eigenvalue weighted by Gasteiger charge is -2.12. The SMILES string of the molecule is COc1ccccc1-c1cnc(CNCCC2=CCCCC2)s1. The monoisotopic (exact) mass is 328 g/mol. The van der Waals surface area contributed by atoms with Crippen LogP contribution in [0.3, 0.4) is 0 Å². The molecule has 1 aromatic heterocycles. The lowest BCUT2D eigenvalue weighted by molar-refractivity contribution is 0.416. The van der Waals surface area contributed by atoms with Crippen LogP contribution < -0.4 is 10.1 Å². The van der Waals surface area contributed by atoms with E-state index >= 15 is 0 Å². The molecule has 4 heteroatoms. The highest BCUT2D eigenvalue weighted by Crippen LogP contribution is 2.33. The van der Waals surface area contributed by atoms with Gasteiger partial charge in [0.1, 0.15) is 10.8 Å². The fraction of sp³-hybridized carbons (Fsp3) is 0.421. The van der Waals surface area contributed by atoms with Crippen LogP contribution in [0.5, 0.6) is 5.75 Å². The number of ether oxygens (including phenoxy) is 1. The summed E-state index contributed by atoms with van der Waals surface area (Å²) in [5, 5.41) is 4.65. The first-order chi connectivity index (χ1) is 11.4. The van der Waals surface area contributed by atoms with Gasteiger partial charge in [-0.3, -0.25) is 0 Å². The molecule has 0 spiro atoms. The summed E-state index contributed by atoms with van der Waals surface area (Å²) in [7, 11) is 1.71. The minimum atomic E-state index is 0.840. The van der Waals surface area contributed by atoms with Crippen molar-refractivity contribution >= 4 is 11.3 Å². The topological polar surface area (TPSA) is 34.1 Å². The molecule has 1 aromatic carbocycles. The second-order valence-corrected chi connectivity index (χ2v) is 6.97. The van der Waals surface area contributed by atoms with E-state index in [-0.39, 0.29) is 0 Å². The summed E-state index contributed by atoms with van der Waals surface area (Å²) >= 11 is 1.73. The predicted molar refractivity (Wildman–Crippen MR) is 97.0 cm³/mol. The van der Waals surface area contributed by atoms with Crippen LogP contribution in [0, 0.1) is 0 Å². The highest BCUT2D eigenvalue weighted by Gasteiger charge is 2.09. The Kier molecular flexibility index (Phi) is 5.83. The summed E-state index contributed by atoms with van der Waals surface area (Å²) < 4.78 is 5.43. The number of nitrogens with one attached hydrogen (secondary N) is 1.